The molecule has 0 N–H and O–H groups in total. The maximum absolute atomic E-state index is 12.7. The number of benzene rings is 2. The molecule has 1 aliphatic heterocycles. The van der Waals surface area contributed by atoms with Gasteiger partial charge in [0.2, 0.25) is 0 Å². The van der Waals surface area contributed by atoms with Crippen molar-refractivity contribution in [2.24, 2.45) is 0 Å². The Morgan fingerprint density at radius 1 is 1.04 bits per heavy atom. The summed E-state index contributed by atoms with van der Waals surface area (Å²) in [6, 6.07) is 14.3. The molecule has 2 aromatic rings. The number of nitro groups is 1. The highest BCUT2D eigenvalue weighted by molar-refractivity contribution is 7.89. The number of amides is 1. The minimum atomic E-state index is -4.12. The summed E-state index contributed by atoms with van der Waals surface area (Å²) >= 11 is 0. The normalized spacial score (nSPS) is 14.0. The largest absolute Gasteiger partial charge is 0.444 e. The van der Waals surface area contributed by atoms with E-state index >= 15 is 0 Å². The number of ether oxygens (including phenoxy) is 1. The van der Waals surface area contributed by atoms with Crippen LogP contribution in [-0.2, 0) is 21.4 Å². The molecule has 1 amide bonds. The third kappa shape index (κ3) is 4.12. The molecule has 0 radical (unpaired) electrons. The number of carbonyl (C=O) groups is 1. The van der Waals surface area contributed by atoms with Crippen molar-refractivity contribution >= 4 is 21.8 Å². The maximum Gasteiger partial charge on any atom is 0.414 e. The second-order valence-electron chi connectivity index (χ2n) is 5.87. The lowest BCUT2D eigenvalue weighted by molar-refractivity contribution is -0.387. The van der Waals surface area contributed by atoms with E-state index in [4.69, 9.17) is 4.74 Å². The highest BCUT2D eigenvalue weighted by Gasteiger charge is 2.31. The Morgan fingerprint density at radius 2 is 1.71 bits per heavy atom. The van der Waals surface area contributed by atoms with Crippen LogP contribution in [0.25, 0.3) is 0 Å². The first kappa shape index (κ1) is 19.4. The van der Waals surface area contributed by atoms with E-state index in [1.165, 1.54) is 35.5 Å². The Labute approximate surface area is 161 Å². The van der Waals surface area contributed by atoms with Crippen LogP contribution in [0.5, 0.6) is 0 Å². The van der Waals surface area contributed by atoms with E-state index in [9.17, 15) is 23.3 Å². The van der Waals surface area contributed by atoms with Crippen LogP contribution in [0.2, 0.25) is 0 Å². The first-order chi connectivity index (χ1) is 13.4. The Balaban J connectivity index is 1.69. The zero-order chi connectivity index (χ0) is 20.1. The molecular formula is C18H17N3O6S. The van der Waals surface area contributed by atoms with Gasteiger partial charge in [-0.2, -0.15) is 0 Å². The van der Waals surface area contributed by atoms with Gasteiger partial charge in [-0.05, 0) is 11.6 Å². The van der Waals surface area contributed by atoms with Gasteiger partial charge in [0.05, 0.1) is 11.5 Å². The Hall–Kier alpha value is -3.40. The summed E-state index contributed by atoms with van der Waals surface area (Å²) < 4.78 is 31.6. The number of rotatable bonds is 5. The molecule has 1 heterocycles. The van der Waals surface area contributed by atoms with E-state index in [1.54, 1.807) is 0 Å². The zero-order valence-corrected chi connectivity index (χ0v) is 15.5. The molecule has 1 aliphatic rings. The Kier molecular flexibility index (Phi) is 5.59. The molecule has 0 atom stereocenters. The molecular weight excluding hydrogens is 386 g/mol. The molecule has 0 saturated heterocycles. The number of para-hydroxylation sites is 1. The van der Waals surface area contributed by atoms with Crippen molar-refractivity contribution in [3.05, 3.63) is 82.7 Å². The fourth-order valence-electron chi connectivity index (χ4n) is 2.62. The summed E-state index contributed by atoms with van der Waals surface area (Å²) in [7, 11) is -4.12. The minimum Gasteiger partial charge on any atom is -0.444 e. The number of sulfonamides is 1. The fourth-order valence-corrected chi connectivity index (χ4v) is 4.06. The second-order valence-corrected chi connectivity index (χ2v) is 7.73. The second kappa shape index (κ2) is 8.09. The van der Waals surface area contributed by atoms with Gasteiger partial charge < -0.3 is 4.74 Å². The lowest BCUT2D eigenvalue weighted by atomic mass is 10.2. The van der Waals surface area contributed by atoms with E-state index in [-0.39, 0.29) is 19.7 Å². The van der Waals surface area contributed by atoms with Crippen LogP contribution in [0.3, 0.4) is 0 Å². The van der Waals surface area contributed by atoms with Gasteiger partial charge in [-0.25, -0.2) is 13.2 Å². The average molecular weight is 403 g/mol. The summed E-state index contributed by atoms with van der Waals surface area (Å²) in [5.41, 5.74) is 0.332. The van der Waals surface area contributed by atoms with Crippen LogP contribution >= 0.6 is 0 Å². The lowest BCUT2D eigenvalue weighted by Crippen LogP contribution is -2.40. The Morgan fingerprint density at radius 3 is 2.36 bits per heavy atom. The number of nitrogens with zero attached hydrogens (tertiary/aromatic N) is 3. The van der Waals surface area contributed by atoms with Crippen molar-refractivity contribution in [3.63, 3.8) is 0 Å². The van der Waals surface area contributed by atoms with Crippen molar-refractivity contribution in [1.82, 2.24) is 9.21 Å². The van der Waals surface area contributed by atoms with E-state index in [1.807, 2.05) is 30.3 Å². The molecule has 0 aliphatic carbocycles. The number of hydrogen-bond acceptors (Lipinski definition) is 6. The van der Waals surface area contributed by atoms with E-state index in [2.05, 4.69) is 0 Å². The third-order valence-corrected chi connectivity index (χ3v) is 5.89. The first-order valence-electron chi connectivity index (χ1n) is 8.30. The quantitative estimate of drug-likeness (QED) is 0.561. The maximum atomic E-state index is 12.7. The van der Waals surface area contributed by atoms with E-state index < -0.39 is 31.6 Å². The van der Waals surface area contributed by atoms with Gasteiger partial charge in [0.15, 0.2) is 4.90 Å². The highest BCUT2D eigenvalue weighted by Crippen LogP contribution is 2.27. The van der Waals surface area contributed by atoms with Gasteiger partial charge in [-0.3, -0.25) is 19.3 Å². The van der Waals surface area contributed by atoms with Gasteiger partial charge in [0.25, 0.3) is 15.7 Å². The van der Waals surface area contributed by atoms with Crippen molar-refractivity contribution in [2.45, 2.75) is 11.5 Å². The number of carbonyl (C=O) groups excluding carboxylic acids is 1. The van der Waals surface area contributed by atoms with Gasteiger partial charge in [0, 0.05) is 25.0 Å². The molecule has 0 saturated carbocycles. The minimum absolute atomic E-state index is 0.0503. The van der Waals surface area contributed by atoms with Crippen LogP contribution in [0.15, 0.2) is 71.9 Å². The molecule has 0 unspecified atom stereocenters. The van der Waals surface area contributed by atoms with Gasteiger partial charge in [0.1, 0.15) is 6.61 Å². The third-order valence-electron chi connectivity index (χ3n) is 4.06. The van der Waals surface area contributed by atoms with Crippen molar-refractivity contribution in [3.8, 4) is 0 Å². The van der Waals surface area contributed by atoms with Crippen LogP contribution in [0.4, 0.5) is 10.5 Å². The molecule has 3 rings (SSSR count). The van der Waals surface area contributed by atoms with Gasteiger partial charge in [-0.15, -0.1) is 0 Å². The van der Waals surface area contributed by atoms with Crippen molar-refractivity contribution in [1.29, 1.82) is 0 Å². The fraction of sp³-hybridized carbons (Fsp3) is 0.167. The summed E-state index contributed by atoms with van der Waals surface area (Å²) in [4.78, 5) is 23.4. The van der Waals surface area contributed by atoms with Gasteiger partial charge in [-0.1, -0.05) is 42.5 Å². The van der Waals surface area contributed by atoms with Crippen LogP contribution in [-0.4, -0.2) is 41.7 Å². The molecule has 0 spiro atoms. The molecule has 0 fully saturated rings. The van der Waals surface area contributed by atoms with Crippen LogP contribution < -0.4 is 0 Å². The summed E-state index contributed by atoms with van der Waals surface area (Å²) in [5, 5.41) is 11.1. The molecule has 28 heavy (non-hydrogen) atoms. The number of nitro benzene ring substituents is 1. The predicted octanol–water partition coefficient (Wildman–Crippen LogP) is 2.71. The SMILES string of the molecule is O=C(OCc1ccccc1)N1C=CN(S(=O)(=O)c2ccccc2[N+](=O)[O-])CC1. The predicted molar refractivity (Wildman–Crippen MR) is 99.5 cm³/mol. The molecule has 146 valence electrons. The summed E-state index contributed by atoms with van der Waals surface area (Å²) in [6.45, 7) is 0.109. The molecule has 2 aromatic carbocycles. The summed E-state index contributed by atoms with van der Waals surface area (Å²) in [6.07, 6.45) is 1.87. The topological polar surface area (TPSA) is 110 Å². The molecule has 9 nitrogen and oxygen atoms in total. The molecule has 0 aromatic heterocycles. The summed E-state index contributed by atoms with van der Waals surface area (Å²) in [5.74, 6) is 0. The smallest absolute Gasteiger partial charge is 0.414 e. The molecule has 10 heteroatoms. The van der Waals surface area contributed by atoms with E-state index in [0.29, 0.717) is 0 Å². The zero-order valence-electron chi connectivity index (χ0n) is 14.7. The Bertz CT molecular complexity index is 1010. The van der Waals surface area contributed by atoms with E-state index in [0.717, 1.165) is 15.9 Å². The standard InChI is InChI=1S/C18H17N3O6S/c22-18(27-14-15-6-2-1-3-7-15)19-10-12-20(13-11-19)28(25,26)17-9-5-4-8-16(17)21(23)24/h1-10,12H,11,13-14H2. The van der Waals surface area contributed by atoms with Crippen LogP contribution in [0.1, 0.15) is 5.56 Å². The van der Waals surface area contributed by atoms with Gasteiger partial charge >= 0.3 is 6.09 Å². The lowest BCUT2D eigenvalue weighted by Gasteiger charge is -2.28. The average Bonchev–Trinajstić information content (AvgIpc) is 2.73. The monoisotopic (exact) mass is 403 g/mol. The first-order valence-corrected chi connectivity index (χ1v) is 9.74. The van der Waals surface area contributed by atoms with Crippen molar-refractivity contribution in [2.75, 3.05) is 13.1 Å². The highest BCUT2D eigenvalue weighted by atomic mass is 32.2. The van der Waals surface area contributed by atoms with Crippen molar-refractivity contribution < 1.29 is 22.9 Å². The van der Waals surface area contributed by atoms with Crippen LogP contribution in [0, 0.1) is 10.1 Å². The number of hydrogen-bond donors (Lipinski definition) is 0. The molecule has 0 bridgehead atoms.